The summed E-state index contributed by atoms with van der Waals surface area (Å²) in [5.41, 5.74) is 2.55. The van der Waals surface area contributed by atoms with Gasteiger partial charge in [-0.25, -0.2) is 4.98 Å². The molecule has 6 nitrogen and oxygen atoms in total. The van der Waals surface area contributed by atoms with Crippen LogP contribution in [0.3, 0.4) is 0 Å². The summed E-state index contributed by atoms with van der Waals surface area (Å²) in [5.74, 6) is 1.30. The third-order valence-electron chi connectivity index (χ3n) is 4.03. The van der Waals surface area contributed by atoms with E-state index in [2.05, 4.69) is 10.3 Å². The maximum absolute atomic E-state index is 12.1. The molecule has 1 aromatic carbocycles. The second-order valence-electron chi connectivity index (χ2n) is 5.81. The second-order valence-corrected chi connectivity index (χ2v) is 6.25. The molecule has 1 N–H and O–H groups in total. The average Bonchev–Trinajstić information content (AvgIpc) is 3.06. The van der Waals surface area contributed by atoms with E-state index in [9.17, 15) is 4.79 Å². The molecule has 0 unspecified atom stereocenters. The Kier molecular flexibility index (Phi) is 5.63. The largest absolute Gasteiger partial charge is 0.493 e. The van der Waals surface area contributed by atoms with Gasteiger partial charge >= 0.3 is 0 Å². The molecular formula is C19H20ClN3O3. The summed E-state index contributed by atoms with van der Waals surface area (Å²) < 4.78 is 12.4. The topological polar surface area (TPSA) is 64.9 Å². The molecular weight excluding hydrogens is 354 g/mol. The van der Waals surface area contributed by atoms with Gasteiger partial charge in [-0.3, -0.25) is 4.79 Å². The average molecular weight is 374 g/mol. The smallest absolute Gasteiger partial charge is 0.220 e. The number of amides is 1. The molecule has 7 heteroatoms. The first-order chi connectivity index (χ1) is 12.6. The van der Waals surface area contributed by atoms with Crippen LogP contribution in [0, 0.1) is 0 Å². The summed E-state index contributed by atoms with van der Waals surface area (Å²) in [6.45, 7) is 0.379. The predicted molar refractivity (Wildman–Crippen MR) is 99.9 cm³/mol. The van der Waals surface area contributed by atoms with Crippen LogP contribution in [0.4, 0.5) is 0 Å². The molecule has 0 atom stereocenters. The minimum atomic E-state index is -0.0325. The van der Waals surface area contributed by atoms with Gasteiger partial charge in [0.1, 0.15) is 5.65 Å². The highest BCUT2D eigenvalue weighted by Crippen LogP contribution is 2.27. The van der Waals surface area contributed by atoms with Gasteiger partial charge in [0.25, 0.3) is 0 Å². The number of hydrogen-bond donors (Lipinski definition) is 1. The minimum absolute atomic E-state index is 0.0325. The molecule has 1 amide bonds. The zero-order valence-corrected chi connectivity index (χ0v) is 15.4. The summed E-state index contributed by atoms with van der Waals surface area (Å²) >= 11 is 5.96. The number of pyridine rings is 1. The number of carbonyl (C=O) groups excluding carboxylic acids is 1. The number of halogens is 1. The summed E-state index contributed by atoms with van der Waals surface area (Å²) in [7, 11) is 3.19. The first kappa shape index (κ1) is 18.1. The Bertz CT molecular complexity index is 924. The van der Waals surface area contributed by atoms with Crippen LogP contribution in [0.25, 0.3) is 5.65 Å². The first-order valence-electron chi connectivity index (χ1n) is 8.20. The van der Waals surface area contributed by atoms with Gasteiger partial charge in [0.05, 0.1) is 26.5 Å². The van der Waals surface area contributed by atoms with Gasteiger partial charge in [-0.05, 0) is 36.2 Å². The van der Waals surface area contributed by atoms with Crippen LogP contribution in [0.5, 0.6) is 11.5 Å². The molecule has 3 aromatic rings. The fourth-order valence-electron chi connectivity index (χ4n) is 2.67. The van der Waals surface area contributed by atoms with Crippen LogP contribution in [0.15, 0.2) is 42.7 Å². The molecule has 0 aliphatic heterocycles. The molecule has 0 saturated carbocycles. The van der Waals surface area contributed by atoms with Crippen molar-refractivity contribution in [2.45, 2.75) is 19.4 Å². The molecule has 2 aromatic heterocycles. The number of ether oxygens (including phenoxy) is 2. The number of carbonyl (C=O) groups is 1. The van der Waals surface area contributed by atoms with Crippen molar-refractivity contribution >= 4 is 23.2 Å². The van der Waals surface area contributed by atoms with E-state index < -0.39 is 0 Å². The van der Waals surface area contributed by atoms with E-state index in [1.165, 1.54) is 0 Å². The number of fused-ring (bicyclic) bond motifs is 1. The Labute approximate surface area is 156 Å². The van der Waals surface area contributed by atoms with Crippen LogP contribution in [-0.4, -0.2) is 29.5 Å². The number of aromatic nitrogens is 2. The molecule has 0 radical (unpaired) electrons. The summed E-state index contributed by atoms with van der Waals surface area (Å²) in [6, 6.07) is 9.23. The molecule has 3 rings (SSSR count). The van der Waals surface area contributed by atoms with Crippen molar-refractivity contribution in [3.63, 3.8) is 0 Å². The third kappa shape index (κ3) is 4.26. The van der Waals surface area contributed by atoms with Crippen LogP contribution in [0.2, 0.25) is 5.02 Å². The van der Waals surface area contributed by atoms with E-state index in [0.717, 1.165) is 16.9 Å². The van der Waals surface area contributed by atoms with Crippen molar-refractivity contribution in [2.75, 3.05) is 14.2 Å². The maximum atomic E-state index is 12.1. The van der Waals surface area contributed by atoms with E-state index in [4.69, 9.17) is 21.1 Å². The molecule has 0 aliphatic rings. The lowest BCUT2D eigenvalue weighted by Crippen LogP contribution is -2.23. The van der Waals surface area contributed by atoms with E-state index in [1.807, 2.05) is 35.0 Å². The summed E-state index contributed by atoms with van der Waals surface area (Å²) in [6.07, 6.45) is 4.72. The van der Waals surface area contributed by atoms with Gasteiger partial charge in [0.15, 0.2) is 11.5 Å². The minimum Gasteiger partial charge on any atom is -0.493 e. The number of imidazole rings is 1. The quantitative estimate of drug-likeness (QED) is 0.690. The van der Waals surface area contributed by atoms with Crippen molar-refractivity contribution in [3.8, 4) is 11.5 Å². The van der Waals surface area contributed by atoms with Crippen LogP contribution >= 0.6 is 11.6 Å². The van der Waals surface area contributed by atoms with Crippen LogP contribution in [-0.2, 0) is 17.8 Å². The molecule has 136 valence electrons. The highest BCUT2D eigenvalue weighted by molar-refractivity contribution is 6.30. The van der Waals surface area contributed by atoms with Gasteiger partial charge in [-0.1, -0.05) is 17.7 Å². The molecule has 0 fully saturated rings. The molecule has 0 spiro atoms. The van der Waals surface area contributed by atoms with Gasteiger partial charge < -0.3 is 19.2 Å². The normalized spacial score (nSPS) is 10.7. The Hall–Kier alpha value is -2.73. The number of nitrogens with zero attached hydrogens (tertiary/aromatic N) is 2. The first-order valence-corrected chi connectivity index (χ1v) is 8.57. The van der Waals surface area contributed by atoms with Crippen LogP contribution < -0.4 is 14.8 Å². The number of hydrogen-bond acceptors (Lipinski definition) is 4. The molecule has 0 bridgehead atoms. The van der Waals surface area contributed by atoms with E-state index in [0.29, 0.717) is 35.9 Å². The van der Waals surface area contributed by atoms with Crippen molar-refractivity contribution < 1.29 is 14.3 Å². The van der Waals surface area contributed by atoms with Gasteiger partial charge in [-0.2, -0.15) is 0 Å². The lowest BCUT2D eigenvalue weighted by Gasteiger charge is -2.09. The van der Waals surface area contributed by atoms with Gasteiger partial charge in [-0.15, -0.1) is 0 Å². The number of rotatable bonds is 7. The lowest BCUT2D eigenvalue weighted by atomic mass is 10.1. The highest BCUT2D eigenvalue weighted by atomic mass is 35.5. The number of methoxy groups -OCH3 is 2. The molecule has 26 heavy (non-hydrogen) atoms. The Morgan fingerprint density at radius 3 is 2.77 bits per heavy atom. The van der Waals surface area contributed by atoms with Gasteiger partial charge in [0, 0.05) is 23.8 Å². The fraction of sp³-hybridized carbons (Fsp3) is 0.263. The molecule has 0 saturated heterocycles. The Morgan fingerprint density at radius 1 is 1.19 bits per heavy atom. The zero-order chi connectivity index (χ0) is 18.5. The second kappa shape index (κ2) is 8.10. The van der Waals surface area contributed by atoms with E-state index in [-0.39, 0.29) is 5.91 Å². The van der Waals surface area contributed by atoms with Crippen molar-refractivity contribution in [3.05, 3.63) is 59.0 Å². The van der Waals surface area contributed by atoms with E-state index >= 15 is 0 Å². The van der Waals surface area contributed by atoms with Crippen molar-refractivity contribution in [1.29, 1.82) is 0 Å². The Morgan fingerprint density at radius 2 is 2.00 bits per heavy atom. The van der Waals surface area contributed by atoms with E-state index in [1.54, 1.807) is 26.4 Å². The van der Waals surface area contributed by atoms with Crippen molar-refractivity contribution in [2.24, 2.45) is 0 Å². The summed E-state index contributed by atoms with van der Waals surface area (Å²) in [4.78, 5) is 16.6. The molecule has 0 aliphatic carbocycles. The monoisotopic (exact) mass is 373 g/mol. The lowest BCUT2D eigenvalue weighted by molar-refractivity contribution is -0.121. The van der Waals surface area contributed by atoms with Crippen molar-refractivity contribution in [1.82, 2.24) is 14.7 Å². The predicted octanol–water partition coefficient (Wildman–Crippen LogP) is 3.25. The highest BCUT2D eigenvalue weighted by Gasteiger charge is 2.08. The number of benzene rings is 1. The maximum Gasteiger partial charge on any atom is 0.220 e. The number of nitrogens with one attached hydrogen (secondary N) is 1. The fourth-order valence-corrected chi connectivity index (χ4v) is 2.82. The standard InChI is InChI=1S/C19H20ClN3O3/c1-25-16-5-3-13(9-17(16)26-2)4-6-19(24)21-11-15-12-23-8-7-14(20)10-18(23)22-15/h3,5,7-10,12H,4,6,11H2,1-2H3,(H,21,24). The molecule has 2 heterocycles. The SMILES string of the molecule is COc1ccc(CCC(=O)NCc2cn3ccc(Cl)cc3n2)cc1OC. The summed E-state index contributed by atoms with van der Waals surface area (Å²) in [5, 5.41) is 3.53. The van der Waals surface area contributed by atoms with Crippen LogP contribution in [0.1, 0.15) is 17.7 Å². The number of aryl methyl sites for hydroxylation is 1. The third-order valence-corrected chi connectivity index (χ3v) is 4.26. The zero-order valence-electron chi connectivity index (χ0n) is 14.7. The van der Waals surface area contributed by atoms with Gasteiger partial charge in [0.2, 0.25) is 5.91 Å². The Balaban J connectivity index is 1.53.